The Bertz CT molecular complexity index is 567. The van der Waals surface area contributed by atoms with Gasteiger partial charge in [0, 0.05) is 15.6 Å². The Hall–Kier alpha value is -0.890. The maximum atomic E-state index is 5.92. The molecule has 0 N–H and O–H groups in total. The van der Waals surface area contributed by atoms with Crippen LogP contribution in [0.25, 0.3) is 0 Å². The zero-order valence-electron chi connectivity index (χ0n) is 9.71. The van der Waals surface area contributed by atoms with Crippen molar-refractivity contribution in [2.75, 3.05) is 0 Å². The highest BCUT2D eigenvalue weighted by Gasteiger charge is 2.07. The first-order chi connectivity index (χ1) is 8.60. The topological polar surface area (TPSA) is 9.23 Å². The normalized spacial score (nSPS) is 10.4. The number of hydrogen-bond acceptors (Lipinski definition) is 1. The molecule has 2 rings (SSSR count). The molecule has 18 heavy (non-hydrogen) atoms. The smallest absolute Gasteiger partial charge is 0.131 e. The van der Waals surface area contributed by atoms with Gasteiger partial charge >= 0.3 is 0 Å². The molecule has 0 aliphatic heterocycles. The third-order valence-electron chi connectivity index (χ3n) is 2.52. The quantitative estimate of drug-likeness (QED) is 0.648. The molecule has 0 radical (unpaired) electrons. The number of aryl methyl sites for hydroxylation is 1. The first-order valence-corrected chi connectivity index (χ1v) is 6.67. The van der Waals surface area contributed by atoms with Gasteiger partial charge in [0.25, 0.3) is 0 Å². The number of hydrogen-bond donors (Lipinski definition) is 0. The lowest BCUT2D eigenvalue weighted by atomic mass is 10.2. The molecule has 0 unspecified atom stereocenters. The van der Waals surface area contributed by atoms with Crippen molar-refractivity contribution in [2.24, 2.45) is 0 Å². The van der Waals surface area contributed by atoms with Gasteiger partial charge in [-0.2, -0.15) is 0 Å². The molecule has 0 aliphatic carbocycles. The zero-order valence-corrected chi connectivity index (χ0v) is 12.0. The molecule has 2 aromatic rings. The molecule has 0 aliphatic rings. The van der Waals surface area contributed by atoms with Gasteiger partial charge in [0.1, 0.15) is 11.5 Å². The Balaban J connectivity index is 2.33. The van der Waals surface area contributed by atoms with Gasteiger partial charge in [0.15, 0.2) is 0 Å². The van der Waals surface area contributed by atoms with Crippen molar-refractivity contribution in [1.82, 2.24) is 0 Å². The van der Waals surface area contributed by atoms with Gasteiger partial charge in [-0.25, -0.2) is 0 Å². The van der Waals surface area contributed by atoms with Crippen LogP contribution in [0.3, 0.4) is 0 Å². The van der Waals surface area contributed by atoms with Crippen LogP contribution < -0.4 is 4.74 Å². The number of alkyl halides is 1. The minimum atomic E-state index is 0.350. The lowest BCUT2D eigenvalue weighted by molar-refractivity contribution is 0.474. The SMILES string of the molecule is Cc1cc(Cl)ccc1Oc1ccc(Cl)cc1CCl. The summed E-state index contributed by atoms with van der Waals surface area (Å²) in [5.41, 5.74) is 1.83. The highest BCUT2D eigenvalue weighted by molar-refractivity contribution is 6.31. The van der Waals surface area contributed by atoms with E-state index in [1.54, 1.807) is 18.2 Å². The van der Waals surface area contributed by atoms with Gasteiger partial charge in [0.05, 0.1) is 5.88 Å². The van der Waals surface area contributed by atoms with Crippen LogP contribution in [0.4, 0.5) is 0 Å². The predicted molar refractivity (Wildman–Crippen MR) is 77.3 cm³/mol. The van der Waals surface area contributed by atoms with E-state index in [1.165, 1.54) is 0 Å². The van der Waals surface area contributed by atoms with E-state index in [9.17, 15) is 0 Å². The average Bonchev–Trinajstić information content (AvgIpc) is 2.34. The third-order valence-corrected chi connectivity index (χ3v) is 3.28. The number of halogens is 3. The van der Waals surface area contributed by atoms with Crippen molar-refractivity contribution < 1.29 is 4.74 Å². The van der Waals surface area contributed by atoms with Gasteiger partial charge < -0.3 is 4.74 Å². The summed E-state index contributed by atoms with van der Waals surface area (Å²) >= 11 is 17.7. The summed E-state index contributed by atoms with van der Waals surface area (Å²) in [7, 11) is 0. The first kappa shape index (κ1) is 13.5. The lowest BCUT2D eigenvalue weighted by Crippen LogP contribution is -1.91. The summed E-state index contributed by atoms with van der Waals surface area (Å²) in [6.07, 6.45) is 0. The van der Waals surface area contributed by atoms with E-state index in [2.05, 4.69) is 0 Å². The average molecular weight is 302 g/mol. The van der Waals surface area contributed by atoms with Crippen LogP contribution in [0.2, 0.25) is 10.0 Å². The van der Waals surface area contributed by atoms with E-state index in [4.69, 9.17) is 39.5 Å². The second kappa shape index (κ2) is 5.83. The number of rotatable bonds is 3. The maximum Gasteiger partial charge on any atom is 0.131 e. The van der Waals surface area contributed by atoms with Crippen molar-refractivity contribution in [1.29, 1.82) is 0 Å². The summed E-state index contributed by atoms with van der Waals surface area (Å²) in [5.74, 6) is 1.82. The Labute approximate surface area is 121 Å². The maximum absolute atomic E-state index is 5.92. The molecule has 0 fully saturated rings. The highest BCUT2D eigenvalue weighted by Crippen LogP contribution is 2.31. The fourth-order valence-corrected chi connectivity index (χ4v) is 2.23. The molecule has 0 heterocycles. The molecule has 0 spiro atoms. The predicted octanol–water partition coefficient (Wildman–Crippen LogP) is 5.83. The van der Waals surface area contributed by atoms with Crippen LogP contribution >= 0.6 is 34.8 Å². The Kier molecular flexibility index (Phi) is 4.39. The van der Waals surface area contributed by atoms with Crippen molar-refractivity contribution in [3.63, 3.8) is 0 Å². The van der Waals surface area contributed by atoms with E-state index >= 15 is 0 Å². The first-order valence-electron chi connectivity index (χ1n) is 5.38. The number of ether oxygens (including phenoxy) is 1. The number of benzene rings is 2. The molecule has 0 atom stereocenters. The van der Waals surface area contributed by atoms with Crippen LogP contribution in [0.15, 0.2) is 36.4 Å². The van der Waals surface area contributed by atoms with Gasteiger partial charge in [-0.3, -0.25) is 0 Å². The van der Waals surface area contributed by atoms with E-state index < -0.39 is 0 Å². The summed E-state index contributed by atoms with van der Waals surface area (Å²) in [6, 6.07) is 10.9. The van der Waals surface area contributed by atoms with E-state index in [0.29, 0.717) is 21.7 Å². The van der Waals surface area contributed by atoms with Gasteiger partial charge in [-0.1, -0.05) is 23.2 Å². The molecule has 0 aromatic heterocycles. The molecular formula is C14H11Cl3O. The molecule has 0 saturated carbocycles. The summed E-state index contributed by atoms with van der Waals surface area (Å²) in [4.78, 5) is 0. The summed E-state index contributed by atoms with van der Waals surface area (Å²) in [6.45, 7) is 1.94. The fourth-order valence-electron chi connectivity index (χ4n) is 1.60. The fraction of sp³-hybridized carbons (Fsp3) is 0.143. The minimum Gasteiger partial charge on any atom is -0.457 e. The largest absolute Gasteiger partial charge is 0.457 e. The van der Waals surface area contributed by atoms with Gasteiger partial charge in [0.2, 0.25) is 0 Å². The van der Waals surface area contributed by atoms with Crippen molar-refractivity contribution in [2.45, 2.75) is 12.8 Å². The van der Waals surface area contributed by atoms with Crippen molar-refractivity contribution >= 4 is 34.8 Å². The van der Waals surface area contributed by atoms with Gasteiger partial charge in [-0.05, 0) is 48.9 Å². The van der Waals surface area contributed by atoms with Crippen LogP contribution in [0.1, 0.15) is 11.1 Å². The Morgan fingerprint density at radius 3 is 2.17 bits per heavy atom. The zero-order chi connectivity index (χ0) is 13.1. The molecule has 4 heteroatoms. The molecule has 1 nitrogen and oxygen atoms in total. The molecule has 0 amide bonds. The van der Waals surface area contributed by atoms with Crippen LogP contribution in [0, 0.1) is 6.92 Å². The summed E-state index contributed by atoms with van der Waals surface area (Å²) in [5, 5.41) is 1.33. The third kappa shape index (κ3) is 3.11. The van der Waals surface area contributed by atoms with Crippen molar-refractivity contribution in [3.8, 4) is 11.5 Å². The molecule has 94 valence electrons. The lowest BCUT2D eigenvalue weighted by Gasteiger charge is -2.12. The van der Waals surface area contributed by atoms with Crippen LogP contribution in [-0.2, 0) is 5.88 Å². The monoisotopic (exact) mass is 300 g/mol. The summed E-state index contributed by atoms with van der Waals surface area (Å²) < 4.78 is 5.84. The molecule has 2 aromatic carbocycles. The molecule has 0 saturated heterocycles. The Morgan fingerprint density at radius 2 is 1.56 bits per heavy atom. The minimum absolute atomic E-state index is 0.350. The van der Waals surface area contributed by atoms with Gasteiger partial charge in [-0.15, -0.1) is 11.6 Å². The van der Waals surface area contributed by atoms with E-state index in [0.717, 1.165) is 16.9 Å². The Morgan fingerprint density at radius 1 is 0.944 bits per heavy atom. The van der Waals surface area contributed by atoms with Crippen LogP contribution in [0.5, 0.6) is 11.5 Å². The van der Waals surface area contributed by atoms with Crippen LogP contribution in [-0.4, -0.2) is 0 Å². The second-order valence-corrected chi connectivity index (χ2v) is 5.04. The standard InChI is InChI=1S/C14H11Cl3O/c1-9-6-11(16)2-4-13(9)18-14-5-3-12(17)7-10(14)8-15/h2-7H,8H2,1H3. The van der Waals surface area contributed by atoms with Crippen molar-refractivity contribution in [3.05, 3.63) is 57.6 Å². The molecule has 0 bridgehead atoms. The van der Waals surface area contributed by atoms with E-state index in [1.807, 2.05) is 25.1 Å². The molecular weight excluding hydrogens is 291 g/mol. The highest BCUT2D eigenvalue weighted by atomic mass is 35.5. The van der Waals surface area contributed by atoms with E-state index in [-0.39, 0.29) is 0 Å². The second-order valence-electron chi connectivity index (χ2n) is 3.90.